The molecule has 4 nitrogen and oxygen atoms in total. The summed E-state index contributed by atoms with van der Waals surface area (Å²) < 4.78 is 4.70. The van der Waals surface area contributed by atoms with Gasteiger partial charge in [-0.15, -0.1) is 0 Å². The van der Waals surface area contributed by atoms with Crippen LogP contribution in [0.15, 0.2) is 0 Å². The van der Waals surface area contributed by atoms with E-state index in [0.29, 0.717) is 6.54 Å². The molecule has 19 heavy (non-hydrogen) atoms. The summed E-state index contributed by atoms with van der Waals surface area (Å²) in [6.45, 7) is 6.57. The van der Waals surface area contributed by atoms with Crippen LogP contribution in [0, 0.1) is 17.3 Å². The van der Waals surface area contributed by atoms with Gasteiger partial charge in [0.05, 0.1) is 13.0 Å². The van der Waals surface area contributed by atoms with Crippen LogP contribution in [0.2, 0.25) is 0 Å². The summed E-state index contributed by atoms with van der Waals surface area (Å²) in [4.78, 5) is 25.6. The number of methoxy groups -OCH3 is 1. The number of ether oxygens (including phenoxy) is 1. The van der Waals surface area contributed by atoms with Crippen molar-refractivity contribution in [1.29, 1.82) is 0 Å². The molecule has 0 heterocycles. The van der Waals surface area contributed by atoms with Gasteiger partial charge in [-0.3, -0.25) is 9.59 Å². The van der Waals surface area contributed by atoms with E-state index < -0.39 is 0 Å². The summed E-state index contributed by atoms with van der Waals surface area (Å²) in [7, 11) is 3.16. The van der Waals surface area contributed by atoms with E-state index in [1.165, 1.54) is 13.5 Å². The molecule has 0 radical (unpaired) electrons. The Morgan fingerprint density at radius 2 is 2.00 bits per heavy atom. The van der Waals surface area contributed by atoms with Crippen molar-refractivity contribution < 1.29 is 14.3 Å². The Balaban J connectivity index is 2.63. The number of amides is 1. The molecule has 0 aromatic rings. The summed E-state index contributed by atoms with van der Waals surface area (Å²) in [6.07, 6.45) is 4.39. The highest BCUT2D eigenvalue weighted by atomic mass is 16.5. The van der Waals surface area contributed by atoms with Gasteiger partial charge in [0.15, 0.2) is 0 Å². The van der Waals surface area contributed by atoms with Gasteiger partial charge in [-0.1, -0.05) is 33.6 Å². The van der Waals surface area contributed by atoms with Gasteiger partial charge in [-0.25, -0.2) is 0 Å². The van der Waals surface area contributed by atoms with Crippen molar-refractivity contribution in [2.24, 2.45) is 17.3 Å². The number of hydrogen-bond donors (Lipinski definition) is 0. The topological polar surface area (TPSA) is 46.6 Å². The average Bonchev–Trinajstić information content (AvgIpc) is 2.36. The highest BCUT2D eigenvalue weighted by molar-refractivity contribution is 5.80. The van der Waals surface area contributed by atoms with E-state index in [0.717, 1.165) is 19.3 Å². The number of esters is 1. The Labute approximate surface area is 116 Å². The summed E-state index contributed by atoms with van der Waals surface area (Å²) in [5, 5.41) is 0. The maximum Gasteiger partial charge on any atom is 0.310 e. The summed E-state index contributed by atoms with van der Waals surface area (Å²) in [5.74, 6) is -0.287. The lowest BCUT2D eigenvalue weighted by Gasteiger charge is -2.39. The van der Waals surface area contributed by atoms with E-state index >= 15 is 0 Å². The van der Waals surface area contributed by atoms with Gasteiger partial charge in [-0.2, -0.15) is 0 Å². The first-order valence-corrected chi connectivity index (χ1v) is 7.12. The smallest absolute Gasteiger partial charge is 0.310 e. The lowest BCUT2D eigenvalue weighted by Crippen LogP contribution is -2.44. The number of rotatable bonds is 4. The van der Waals surface area contributed by atoms with E-state index in [9.17, 15) is 9.59 Å². The zero-order valence-corrected chi connectivity index (χ0v) is 12.9. The van der Waals surface area contributed by atoms with Crippen molar-refractivity contribution in [2.75, 3.05) is 20.7 Å². The second kappa shape index (κ2) is 6.40. The number of hydrogen-bond acceptors (Lipinski definition) is 3. The molecule has 2 unspecified atom stereocenters. The third-order valence-corrected chi connectivity index (χ3v) is 4.33. The van der Waals surface area contributed by atoms with Gasteiger partial charge >= 0.3 is 5.97 Å². The van der Waals surface area contributed by atoms with Crippen LogP contribution in [0.1, 0.15) is 46.5 Å². The molecule has 1 fully saturated rings. The normalized spacial score (nSPS) is 23.5. The highest BCUT2D eigenvalue weighted by Crippen LogP contribution is 2.41. The zero-order chi connectivity index (χ0) is 14.6. The average molecular weight is 269 g/mol. The molecule has 110 valence electrons. The molecule has 1 rings (SSSR count). The Hall–Kier alpha value is -1.06. The fourth-order valence-corrected chi connectivity index (χ4v) is 2.99. The highest BCUT2D eigenvalue weighted by Gasteiger charge is 2.38. The fourth-order valence-electron chi connectivity index (χ4n) is 2.99. The zero-order valence-electron chi connectivity index (χ0n) is 12.9. The van der Waals surface area contributed by atoms with Crippen LogP contribution >= 0.6 is 0 Å². The van der Waals surface area contributed by atoms with E-state index in [2.05, 4.69) is 13.8 Å². The van der Waals surface area contributed by atoms with Gasteiger partial charge in [-0.05, 0) is 18.3 Å². The minimum Gasteiger partial charge on any atom is -0.469 e. The van der Waals surface area contributed by atoms with E-state index in [-0.39, 0.29) is 29.1 Å². The Bertz CT molecular complexity index is 338. The molecule has 0 aromatic heterocycles. The monoisotopic (exact) mass is 269 g/mol. The summed E-state index contributed by atoms with van der Waals surface area (Å²) in [6, 6.07) is 0. The van der Waals surface area contributed by atoms with Crippen LogP contribution in [0.25, 0.3) is 0 Å². The lowest BCUT2D eigenvalue weighted by atomic mass is 9.68. The number of carbonyl (C=O) groups is 2. The van der Waals surface area contributed by atoms with Gasteiger partial charge in [0, 0.05) is 19.5 Å². The van der Waals surface area contributed by atoms with Crippen molar-refractivity contribution in [2.45, 2.75) is 46.5 Å². The second-order valence-corrected chi connectivity index (χ2v) is 6.43. The van der Waals surface area contributed by atoms with Crippen molar-refractivity contribution in [1.82, 2.24) is 4.90 Å². The number of nitrogens with zero attached hydrogens (tertiary/aromatic N) is 1. The van der Waals surface area contributed by atoms with E-state index in [1.807, 2.05) is 0 Å². The maximum absolute atomic E-state index is 12.5. The fraction of sp³-hybridized carbons (Fsp3) is 0.867. The van der Waals surface area contributed by atoms with Crippen LogP contribution in [0.5, 0.6) is 0 Å². The largest absolute Gasteiger partial charge is 0.469 e. The minimum absolute atomic E-state index is 0.0676. The molecule has 0 aromatic carbocycles. The Morgan fingerprint density at radius 1 is 1.37 bits per heavy atom. The number of carbonyl (C=O) groups excluding carboxylic acids is 2. The van der Waals surface area contributed by atoms with E-state index in [1.54, 1.807) is 18.9 Å². The van der Waals surface area contributed by atoms with Crippen molar-refractivity contribution in [3.8, 4) is 0 Å². The molecular formula is C15H27NO3. The Kier molecular flexibility index (Phi) is 5.39. The minimum atomic E-state index is -0.273. The predicted molar refractivity (Wildman–Crippen MR) is 74.6 cm³/mol. The van der Waals surface area contributed by atoms with Gasteiger partial charge in [0.2, 0.25) is 5.91 Å². The van der Waals surface area contributed by atoms with Crippen molar-refractivity contribution in [3.05, 3.63) is 0 Å². The van der Waals surface area contributed by atoms with Crippen molar-refractivity contribution >= 4 is 11.9 Å². The maximum atomic E-state index is 12.5. The standard InChI is InChI=1S/C15H27NO3/c1-11(14(18)19-5)10-16(4)13(17)12-8-6-7-9-15(12,2)3/h11-12H,6-10H2,1-5H3. The molecule has 1 amide bonds. The SMILES string of the molecule is COC(=O)C(C)CN(C)C(=O)C1CCCCC1(C)C. The van der Waals surface area contributed by atoms with Gasteiger partial charge < -0.3 is 9.64 Å². The van der Waals surface area contributed by atoms with Crippen LogP contribution in [-0.2, 0) is 14.3 Å². The summed E-state index contributed by atoms with van der Waals surface area (Å²) in [5.41, 5.74) is 0.0676. The molecule has 1 aliphatic carbocycles. The molecule has 4 heteroatoms. The van der Waals surface area contributed by atoms with Crippen LogP contribution < -0.4 is 0 Å². The lowest BCUT2D eigenvalue weighted by molar-refractivity contribution is -0.147. The quantitative estimate of drug-likeness (QED) is 0.737. The first-order chi connectivity index (χ1) is 8.79. The molecule has 0 N–H and O–H groups in total. The molecule has 1 aliphatic rings. The first kappa shape index (κ1) is 16.0. The predicted octanol–water partition coefficient (Wildman–Crippen LogP) is 2.47. The van der Waals surface area contributed by atoms with Crippen LogP contribution in [0.3, 0.4) is 0 Å². The molecule has 1 saturated carbocycles. The first-order valence-electron chi connectivity index (χ1n) is 7.12. The van der Waals surface area contributed by atoms with Crippen LogP contribution in [-0.4, -0.2) is 37.5 Å². The molecule has 0 aliphatic heterocycles. The second-order valence-electron chi connectivity index (χ2n) is 6.43. The molecule has 2 atom stereocenters. The Morgan fingerprint density at radius 3 is 2.53 bits per heavy atom. The molecular weight excluding hydrogens is 242 g/mol. The van der Waals surface area contributed by atoms with Gasteiger partial charge in [0.25, 0.3) is 0 Å². The third kappa shape index (κ3) is 3.95. The van der Waals surface area contributed by atoms with Gasteiger partial charge in [0.1, 0.15) is 0 Å². The summed E-state index contributed by atoms with van der Waals surface area (Å²) >= 11 is 0. The third-order valence-electron chi connectivity index (χ3n) is 4.33. The molecule has 0 saturated heterocycles. The molecule has 0 spiro atoms. The molecule has 0 bridgehead atoms. The van der Waals surface area contributed by atoms with Crippen molar-refractivity contribution in [3.63, 3.8) is 0 Å². The van der Waals surface area contributed by atoms with E-state index in [4.69, 9.17) is 4.74 Å². The van der Waals surface area contributed by atoms with Crippen LogP contribution in [0.4, 0.5) is 0 Å².